The molecule has 0 unspecified atom stereocenters. The predicted octanol–water partition coefficient (Wildman–Crippen LogP) is 4.81. The van der Waals surface area contributed by atoms with Crippen molar-refractivity contribution in [3.63, 3.8) is 0 Å². The van der Waals surface area contributed by atoms with Crippen LogP contribution in [0.4, 0.5) is 0 Å². The number of carbonyl (C=O) groups is 1. The number of carbonyl (C=O) groups excluding carboxylic acids is 1. The molecule has 0 heterocycles. The minimum atomic E-state index is 0.119. The molecule has 110 valence electrons. The molecule has 0 saturated heterocycles. The van der Waals surface area contributed by atoms with Crippen LogP contribution < -0.4 is 4.74 Å². The van der Waals surface area contributed by atoms with E-state index in [0.29, 0.717) is 12.0 Å². The van der Waals surface area contributed by atoms with Gasteiger partial charge in [0.2, 0.25) is 0 Å². The normalized spacial score (nSPS) is 10.5. The molecule has 0 aromatic heterocycles. The third-order valence-corrected chi connectivity index (χ3v) is 4.27. The van der Waals surface area contributed by atoms with Gasteiger partial charge < -0.3 is 4.74 Å². The molecule has 0 spiro atoms. The fourth-order valence-electron chi connectivity index (χ4n) is 2.59. The van der Waals surface area contributed by atoms with E-state index in [1.165, 1.54) is 16.7 Å². The standard InChI is InChI=1S/C18H19BrO2/c1-11-7-12(2)15(13(3)8-11)10-17(20)14-5-6-18(21-4)16(19)9-14/h5-9H,10H2,1-4H3. The third-order valence-electron chi connectivity index (χ3n) is 3.65. The van der Waals surface area contributed by atoms with E-state index in [0.717, 1.165) is 15.8 Å². The Hall–Kier alpha value is -1.61. The van der Waals surface area contributed by atoms with Crippen molar-refractivity contribution in [1.29, 1.82) is 0 Å². The summed E-state index contributed by atoms with van der Waals surface area (Å²) >= 11 is 3.42. The third kappa shape index (κ3) is 3.53. The topological polar surface area (TPSA) is 26.3 Å². The Kier molecular flexibility index (Phi) is 4.84. The van der Waals surface area contributed by atoms with Crippen molar-refractivity contribution in [2.45, 2.75) is 27.2 Å². The fraction of sp³-hybridized carbons (Fsp3) is 0.278. The second-order valence-corrected chi connectivity index (χ2v) is 6.18. The fourth-order valence-corrected chi connectivity index (χ4v) is 3.13. The van der Waals surface area contributed by atoms with Gasteiger partial charge >= 0.3 is 0 Å². The van der Waals surface area contributed by atoms with Crippen LogP contribution in [0.15, 0.2) is 34.8 Å². The largest absolute Gasteiger partial charge is 0.496 e. The Bertz CT molecular complexity index is 667. The number of methoxy groups -OCH3 is 1. The van der Waals surface area contributed by atoms with E-state index in [2.05, 4.69) is 48.8 Å². The van der Waals surface area contributed by atoms with Crippen LogP contribution in [-0.4, -0.2) is 12.9 Å². The molecular formula is C18H19BrO2. The average Bonchev–Trinajstić information content (AvgIpc) is 2.42. The Morgan fingerprint density at radius 3 is 2.24 bits per heavy atom. The molecule has 0 atom stereocenters. The summed E-state index contributed by atoms with van der Waals surface area (Å²) in [6.45, 7) is 6.20. The lowest BCUT2D eigenvalue weighted by Crippen LogP contribution is -2.07. The van der Waals surface area contributed by atoms with Crippen LogP contribution in [0.1, 0.15) is 32.6 Å². The van der Waals surface area contributed by atoms with Crippen molar-refractivity contribution in [1.82, 2.24) is 0 Å². The molecule has 3 heteroatoms. The quantitative estimate of drug-likeness (QED) is 0.742. The van der Waals surface area contributed by atoms with Gasteiger partial charge in [-0.2, -0.15) is 0 Å². The zero-order chi connectivity index (χ0) is 15.6. The molecule has 0 saturated carbocycles. The number of ketones is 1. The second kappa shape index (κ2) is 6.44. The highest BCUT2D eigenvalue weighted by atomic mass is 79.9. The summed E-state index contributed by atoms with van der Waals surface area (Å²) in [5.74, 6) is 0.850. The molecule has 0 aliphatic heterocycles. The van der Waals surface area contributed by atoms with E-state index in [-0.39, 0.29) is 5.78 Å². The Balaban J connectivity index is 2.28. The van der Waals surface area contributed by atoms with Gasteiger partial charge in [-0.25, -0.2) is 0 Å². The van der Waals surface area contributed by atoms with Crippen LogP contribution in [0.25, 0.3) is 0 Å². The molecule has 0 N–H and O–H groups in total. The monoisotopic (exact) mass is 346 g/mol. The van der Waals surface area contributed by atoms with Crippen molar-refractivity contribution in [2.75, 3.05) is 7.11 Å². The second-order valence-electron chi connectivity index (χ2n) is 5.33. The lowest BCUT2D eigenvalue weighted by atomic mass is 9.94. The van der Waals surface area contributed by atoms with E-state index < -0.39 is 0 Å². The van der Waals surface area contributed by atoms with E-state index in [1.54, 1.807) is 7.11 Å². The lowest BCUT2D eigenvalue weighted by molar-refractivity contribution is 0.0992. The summed E-state index contributed by atoms with van der Waals surface area (Å²) in [6.07, 6.45) is 0.427. The number of benzene rings is 2. The van der Waals surface area contributed by atoms with Gasteiger partial charge in [-0.1, -0.05) is 17.7 Å². The molecule has 2 aromatic rings. The van der Waals surface area contributed by atoms with Crippen LogP contribution in [0.3, 0.4) is 0 Å². The molecule has 2 nitrogen and oxygen atoms in total. The van der Waals surface area contributed by atoms with Crippen molar-refractivity contribution in [2.24, 2.45) is 0 Å². The average molecular weight is 347 g/mol. The van der Waals surface area contributed by atoms with Crippen LogP contribution >= 0.6 is 15.9 Å². The molecule has 0 aliphatic carbocycles. The van der Waals surface area contributed by atoms with Gasteiger partial charge in [0.15, 0.2) is 5.78 Å². The van der Waals surface area contributed by atoms with Crippen LogP contribution in [0.2, 0.25) is 0 Å². The predicted molar refractivity (Wildman–Crippen MR) is 89.4 cm³/mol. The van der Waals surface area contributed by atoms with Crippen molar-refractivity contribution in [3.8, 4) is 5.75 Å². The first kappa shape index (κ1) is 15.8. The molecule has 0 bridgehead atoms. The number of hydrogen-bond donors (Lipinski definition) is 0. The number of aryl methyl sites for hydroxylation is 3. The minimum Gasteiger partial charge on any atom is -0.496 e. The maximum atomic E-state index is 12.5. The number of halogens is 1. The first-order valence-corrected chi connectivity index (χ1v) is 7.65. The molecule has 2 rings (SSSR count). The van der Waals surface area contributed by atoms with Crippen LogP contribution in [0, 0.1) is 20.8 Å². The summed E-state index contributed by atoms with van der Waals surface area (Å²) < 4.78 is 5.99. The van der Waals surface area contributed by atoms with Gasteiger partial charge in [-0.3, -0.25) is 4.79 Å². The highest BCUT2D eigenvalue weighted by Crippen LogP contribution is 2.26. The van der Waals surface area contributed by atoms with Crippen molar-refractivity contribution < 1.29 is 9.53 Å². The summed E-state index contributed by atoms with van der Waals surface area (Å²) in [7, 11) is 1.61. The van der Waals surface area contributed by atoms with Crippen molar-refractivity contribution in [3.05, 3.63) is 62.6 Å². The van der Waals surface area contributed by atoms with Gasteiger partial charge in [0.05, 0.1) is 11.6 Å². The van der Waals surface area contributed by atoms with Gasteiger partial charge in [-0.15, -0.1) is 0 Å². The minimum absolute atomic E-state index is 0.119. The highest BCUT2D eigenvalue weighted by molar-refractivity contribution is 9.10. The summed E-state index contributed by atoms with van der Waals surface area (Å²) in [5.41, 5.74) is 5.40. The molecule has 21 heavy (non-hydrogen) atoms. The zero-order valence-electron chi connectivity index (χ0n) is 12.8. The van der Waals surface area contributed by atoms with Crippen LogP contribution in [-0.2, 0) is 6.42 Å². The van der Waals surface area contributed by atoms with E-state index >= 15 is 0 Å². The SMILES string of the molecule is COc1ccc(C(=O)Cc2c(C)cc(C)cc2C)cc1Br. The number of ether oxygens (including phenoxy) is 1. The van der Waals surface area contributed by atoms with Gasteiger partial charge in [0.1, 0.15) is 5.75 Å². The summed E-state index contributed by atoms with van der Waals surface area (Å²) in [6, 6.07) is 9.69. The molecule has 0 aliphatic rings. The zero-order valence-corrected chi connectivity index (χ0v) is 14.4. The summed E-state index contributed by atoms with van der Waals surface area (Å²) in [5, 5.41) is 0. The molecule has 0 amide bonds. The molecular weight excluding hydrogens is 328 g/mol. The maximum Gasteiger partial charge on any atom is 0.167 e. The molecule has 0 radical (unpaired) electrons. The van der Waals surface area contributed by atoms with Crippen molar-refractivity contribution >= 4 is 21.7 Å². The van der Waals surface area contributed by atoms with Gasteiger partial charge in [0.25, 0.3) is 0 Å². The number of hydrogen-bond acceptors (Lipinski definition) is 2. The highest BCUT2D eigenvalue weighted by Gasteiger charge is 2.13. The number of Topliss-reactive ketones (excluding diaryl/α,β-unsaturated/α-hetero) is 1. The Morgan fingerprint density at radius 1 is 1.10 bits per heavy atom. The van der Waals surface area contributed by atoms with Gasteiger partial charge in [-0.05, 0) is 71.6 Å². The van der Waals surface area contributed by atoms with E-state index in [4.69, 9.17) is 4.74 Å². The summed E-state index contributed by atoms with van der Waals surface area (Å²) in [4.78, 5) is 12.5. The maximum absolute atomic E-state index is 12.5. The first-order valence-electron chi connectivity index (χ1n) is 6.86. The Morgan fingerprint density at radius 2 is 1.71 bits per heavy atom. The number of rotatable bonds is 4. The van der Waals surface area contributed by atoms with Gasteiger partial charge in [0, 0.05) is 12.0 Å². The molecule has 0 fully saturated rings. The lowest BCUT2D eigenvalue weighted by Gasteiger charge is -2.11. The van der Waals surface area contributed by atoms with E-state index in [1.807, 2.05) is 18.2 Å². The first-order chi connectivity index (χ1) is 9.92. The Labute approximate surface area is 134 Å². The van der Waals surface area contributed by atoms with Crippen LogP contribution in [0.5, 0.6) is 5.75 Å². The van der Waals surface area contributed by atoms with E-state index in [9.17, 15) is 4.79 Å². The molecule has 2 aromatic carbocycles. The smallest absolute Gasteiger partial charge is 0.167 e.